The smallest absolute Gasteiger partial charge is 0.210 e. The van der Waals surface area contributed by atoms with Crippen molar-refractivity contribution in [1.82, 2.24) is 4.98 Å². The summed E-state index contributed by atoms with van der Waals surface area (Å²) in [5, 5.41) is 18.3. The summed E-state index contributed by atoms with van der Waals surface area (Å²) >= 11 is 0. The zero-order valence-electron chi connectivity index (χ0n) is 12.5. The molecule has 3 nitrogen and oxygen atoms in total. The number of halogens is 1. The van der Waals surface area contributed by atoms with Crippen LogP contribution < -0.4 is 0 Å². The summed E-state index contributed by atoms with van der Waals surface area (Å²) in [5.41, 5.74) is 1.88. The third kappa shape index (κ3) is 4.67. The molecule has 116 valence electrons. The lowest BCUT2D eigenvalue weighted by atomic mass is 10.0. The molecule has 22 heavy (non-hydrogen) atoms. The maximum atomic E-state index is 14.2. The van der Waals surface area contributed by atoms with Gasteiger partial charge in [-0.3, -0.25) is 0 Å². The standard InChI is InChI=1S/C18H20FNO2/c1-13(21)5-3-2-4-6-14-7-9-16(17(19)11-14)15-8-10-18(22)20-12-15/h4,6-13,21H,2-3,5H2,1H3,(H,20,22)/b6-4+. The second-order valence-corrected chi connectivity index (χ2v) is 5.33. The molecule has 0 spiro atoms. The number of allylic oxidation sites excluding steroid dienone is 1. The van der Waals surface area contributed by atoms with E-state index < -0.39 is 0 Å². The number of pyridine rings is 1. The van der Waals surface area contributed by atoms with Gasteiger partial charge >= 0.3 is 0 Å². The van der Waals surface area contributed by atoms with E-state index in [1.807, 2.05) is 18.2 Å². The molecule has 0 aliphatic carbocycles. The van der Waals surface area contributed by atoms with Crippen molar-refractivity contribution >= 4 is 6.08 Å². The summed E-state index contributed by atoms with van der Waals surface area (Å²) in [4.78, 5) is 3.76. The molecule has 0 fully saturated rings. The average Bonchev–Trinajstić information content (AvgIpc) is 2.48. The van der Waals surface area contributed by atoms with E-state index in [0.717, 1.165) is 24.8 Å². The van der Waals surface area contributed by atoms with Crippen LogP contribution in [0, 0.1) is 5.82 Å². The van der Waals surface area contributed by atoms with Crippen LogP contribution in [0.2, 0.25) is 0 Å². The number of aliphatic hydroxyl groups excluding tert-OH is 1. The van der Waals surface area contributed by atoms with Gasteiger partial charge in [-0.15, -0.1) is 0 Å². The second-order valence-electron chi connectivity index (χ2n) is 5.33. The number of nitrogens with zero attached hydrogens (tertiary/aromatic N) is 1. The van der Waals surface area contributed by atoms with Gasteiger partial charge in [-0.1, -0.05) is 24.3 Å². The average molecular weight is 301 g/mol. The van der Waals surface area contributed by atoms with Crippen LogP contribution in [0.4, 0.5) is 4.39 Å². The number of aromatic hydroxyl groups is 1. The monoisotopic (exact) mass is 301 g/mol. The van der Waals surface area contributed by atoms with Crippen LogP contribution in [0.25, 0.3) is 17.2 Å². The lowest BCUT2D eigenvalue weighted by Gasteiger charge is -2.04. The molecule has 1 unspecified atom stereocenters. The molecule has 1 heterocycles. The maximum Gasteiger partial charge on any atom is 0.210 e. The molecule has 4 heteroatoms. The number of rotatable bonds is 6. The number of benzene rings is 1. The van der Waals surface area contributed by atoms with Gasteiger partial charge in [0.2, 0.25) is 5.88 Å². The van der Waals surface area contributed by atoms with E-state index in [9.17, 15) is 4.39 Å². The van der Waals surface area contributed by atoms with Crippen LogP contribution in [-0.2, 0) is 0 Å². The summed E-state index contributed by atoms with van der Waals surface area (Å²) in [7, 11) is 0. The van der Waals surface area contributed by atoms with Gasteiger partial charge in [-0.2, -0.15) is 0 Å². The normalized spacial score (nSPS) is 12.7. The molecule has 0 bridgehead atoms. The first-order chi connectivity index (χ1) is 10.6. The van der Waals surface area contributed by atoms with Crippen LogP contribution in [-0.4, -0.2) is 21.3 Å². The number of hydrogen-bond acceptors (Lipinski definition) is 3. The highest BCUT2D eigenvalue weighted by atomic mass is 19.1. The van der Waals surface area contributed by atoms with Gasteiger partial charge < -0.3 is 10.2 Å². The second kappa shape index (κ2) is 7.71. The molecule has 0 radical (unpaired) electrons. The maximum absolute atomic E-state index is 14.2. The predicted octanol–water partition coefficient (Wildman–Crippen LogP) is 4.16. The highest BCUT2D eigenvalue weighted by Gasteiger charge is 2.06. The van der Waals surface area contributed by atoms with Crippen molar-refractivity contribution < 1.29 is 14.6 Å². The predicted molar refractivity (Wildman–Crippen MR) is 85.9 cm³/mol. The van der Waals surface area contributed by atoms with Crippen LogP contribution in [0.5, 0.6) is 5.88 Å². The van der Waals surface area contributed by atoms with Crippen molar-refractivity contribution in [3.05, 3.63) is 54.0 Å². The van der Waals surface area contributed by atoms with E-state index in [1.165, 1.54) is 18.3 Å². The SMILES string of the molecule is CC(O)CCC/C=C/c1ccc(-c2ccc(O)nc2)c(F)c1. The van der Waals surface area contributed by atoms with Gasteiger partial charge in [-0.05, 0) is 43.9 Å². The Morgan fingerprint density at radius 3 is 2.73 bits per heavy atom. The molecule has 0 amide bonds. The van der Waals surface area contributed by atoms with Crippen molar-refractivity contribution in [1.29, 1.82) is 0 Å². The largest absolute Gasteiger partial charge is 0.493 e. The van der Waals surface area contributed by atoms with Gasteiger partial charge in [0.15, 0.2) is 0 Å². The van der Waals surface area contributed by atoms with Crippen LogP contribution in [0.1, 0.15) is 31.7 Å². The fourth-order valence-corrected chi connectivity index (χ4v) is 2.17. The summed E-state index contributed by atoms with van der Waals surface area (Å²) < 4.78 is 14.2. The molecular formula is C18H20FNO2. The Balaban J connectivity index is 2.03. The van der Waals surface area contributed by atoms with Gasteiger partial charge in [0.1, 0.15) is 5.82 Å². The van der Waals surface area contributed by atoms with Crippen molar-refractivity contribution in [3.8, 4) is 17.0 Å². The fraction of sp³-hybridized carbons (Fsp3) is 0.278. The molecule has 0 saturated heterocycles. The third-order valence-electron chi connectivity index (χ3n) is 3.36. The van der Waals surface area contributed by atoms with E-state index in [1.54, 1.807) is 19.1 Å². The zero-order valence-corrected chi connectivity index (χ0v) is 12.5. The lowest BCUT2D eigenvalue weighted by Crippen LogP contribution is -1.97. The van der Waals surface area contributed by atoms with Crippen molar-refractivity contribution in [2.45, 2.75) is 32.3 Å². The highest BCUT2D eigenvalue weighted by Crippen LogP contribution is 2.24. The van der Waals surface area contributed by atoms with E-state index in [-0.39, 0.29) is 17.8 Å². The Labute approximate surface area is 129 Å². The van der Waals surface area contributed by atoms with Gasteiger partial charge in [0.05, 0.1) is 6.10 Å². The summed E-state index contributed by atoms with van der Waals surface area (Å²) in [5.74, 6) is -0.403. The Bertz CT molecular complexity index is 636. The fourth-order valence-electron chi connectivity index (χ4n) is 2.17. The van der Waals surface area contributed by atoms with E-state index >= 15 is 0 Å². The third-order valence-corrected chi connectivity index (χ3v) is 3.36. The number of aromatic nitrogens is 1. The molecule has 2 aromatic rings. The first-order valence-corrected chi connectivity index (χ1v) is 7.36. The minimum Gasteiger partial charge on any atom is -0.493 e. The molecule has 2 rings (SSSR count). The minimum absolute atomic E-state index is 0.0825. The van der Waals surface area contributed by atoms with Crippen molar-refractivity contribution in [2.75, 3.05) is 0 Å². The van der Waals surface area contributed by atoms with E-state index in [0.29, 0.717) is 11.1 Å². The first-order valence-electron chi connectivity index (χ1n) is 7.36. The van der Waals surface area contributed by atoms with Crippen LogP contribution in [0.15, 0.2) is 42.6 Å². The molecule has 0 aliphatic heterocycles. The summed E-state index contributed by atoms with van der Waals surface area (Å²) in [6.45, 7) is 1.77. The highest BCUT2D eigenvalue weighted by molar-refractivity contribution is 5.66. The Hall–Kier alpha value is -2.20. The number of hydrogen-bond donors (Lipinski definition) is 2. The molecule has 1 atom stereocenters. The van der Waals surface area contributed by atoms with E-state index in [2.05, 4.69) is 4.98 Å². The summed E-state index contributed by atoms with van der Waals surface area (Å²) in [6.07, 6.45) is 7.57. The minimum atomic E-state index is -0.321. The Morgan fingerprint density at radius 2 is 2.09 bits per heavy atom. The lowest BCUT2D eigenvalue weighted by molar-refractivity contribution is 0.182. The van der Waals surface area contributed by atoms with Gasteiger partial charge in [0, 0.05) is 23.4 Å². The molecule has 1 aromatic carbocycles. The molecule has 0 saturated carbocycles. The summed E-state index contributed by atoms with van der Waals surface area (Å²) in [6, 6.07) is 8.10. The van der Waals surface area contributed by atoms with E-state index in [4.69, 9.17) is 10.2 Å². The van der Waals surface area contributed by atoms with Crippen molar-refractivity contribution in [3.63, 3.8) is 0 Å². The van der Waals surface area contributed by atoms with Gasteiger partial charge in [0.25, 0.3) is 0 Å². The number of unbranched alkanes of at least 4 members (excludes halogenated alkanes) is 1. The Morgan fingerprint density at radius 1 is 1.27 bits per heavy atom. The Kier molecular flexibility index (Phi) is 5.67. The van der Waals surface area contributed by atoms with Crippen LogP contribution in [0.3, 0.4) is 0 Å². The molecule has 2 N–H and O–H groups in total. The van der Waals surface area contributed by atoms with Crippen LogP contribution >= 0.6 is 0 Å². The molecule has 1 aromatic heterocycles. The molecule has 0 aliphatic rings. The number of aliphatic hydroxyl groups is 1. The molecular weight excluding hydrogens is 281 g/mol. The van der Waals surface area contributed by atoms with Gasteiger partial charge in [-0.25, -0.2) is 9.37 Å². The first kappa shape index (κ1) is 16.2. The quantitative estimate of drug-likeness (QED) is 0.788. The van der Waals surface area contributed by atoms with Crippen molar-refractivity contribution in [2.24, 2.45) is 0 Å². The zero-order chi connectivity index (χ0) is 15.9. The topological polar surface area (TPSA) is 53.4 Å².